The predicted molar refractivity (Wildman–Crippen MR) is 85.3 cm³/mol. The number of hydrogen-bond acceptors (Lipinski definition) is 5. The molecule has 138 valence electrons. The van der Waals surface area contributed by atoms with E-state index in [0.717, 1.165) is 4.57 Å². The summed E-state index contributed by atoms with van der Waals surface area (Å²) >= 11 is 0. The number of rotatable bonds is 4. The molecule has 0 aromatic carbocycles. The Bertz CT molecular complexity index is 945. The molecular weight excluding hydrogens is 351 g/mol. The first kappa shape index (κ1) is 17.9. The van der Waals surface area contributed by atoms with E-state index in [1.807, 2.05) is 13.8 Å². The highest BCUT2D eigenvalue weighted by atomic mass is 19.4. The highest BCUT2D eigenvalue weighted by Gasteiger charge is 2.46. The second-order valence-electron chi connectivity index (χ2n) is 6.04. The molecule has 0 spiro atoms. The minimum Gasteiger partial charge on any atom is -0.441 e. The third-order valence-electron chi connectivity index (χ3n) is 3.77. The van der Waals surface area contributed by atoms with Gasteiger partial charge in [-0.25, -0.2) is 19.4 Å². The summed E-state index contributed by atoms with van der Waals surface area (Å²) in [7, 11) is 1.39. The van der Waals surface area contributed by atoms with E-state index in [4.69, 9.17) is 4.74 Å². The van der Waals surface area contributed by atoms with Crippen molar-refractivity contribution in [1.29, 1.82) is 0 Å². The lowest BCUT2D eigenvalue weighted by atomic mass is 10.2. The summed E-state index contributed by atoms with van der Waals surface area (Å²) in [5, 5.41) is 4.69. The minimum atomic E-state index is -4.80. The van der Waals surface area contributed by atoms with Gasteiger partial charge in [-0.2, -0.15) is 18.3 Å². The molecule has 0 saturated heterocycles. The fourth-order valence-electron chi connectivity index (χ4n) is 2.50. The molecule has 0 aliphatic carbocycles. The van der Waals surface area contributed by atoms with Crippen LogP contribution in [0.15, 0.2) is 30.9 Å². The van der Waals surface area contributed by atoms with Crippen molar-refractivity contribution in [3.63, 3.8) is 0 Å². The number of fused-ring (bicyclic) bond motifs is 1. The standard InChI is InChI=1S/C16H16F3N5O2/c1-9(2)24-13-10(8-22-24)6-11(7-21-13)15(25)26-12(16(17,18)19)14-20-4-5-23(14)3/h4-9,12H,1-3H3/t12-/m1/s1. The number of pyridine rings is 1. The van der Waals surface area contributed by atoms with Crippen molar-refractivity contribution in [1.82, 2.24) is 24.3 Å². The zero-order chi connectivity index (χ0) is 19.1. The Morgan fingerprint density at radius 3 is 2.54 bits per heavy atom. The topological polar surface area (TPSA) is 74.8 Å². The van der Waals surface area contributed by atoms with E-state index in [-0.39, 0.29) is 11.6 Å². The van der Waals surface area contributed by atoms with Gasteiger partial charge in [-0.05, 0) is 19.9 Å². The number of carbonyl (C=O) groups is 1. The first-order chi connectivity index (χ1) is 12.2. The van der Waals surface area contributed by atoms with Crippen LogP contribution in [0.25, 0.3) is 11.0 Å². The Labute approximate surface area is 146 Å². The maximum absolute atomic E-state index is 13.3. The summed E-state index contributed by atoms with van der Waals surface area (Å²) in [4.78, 5) is 20.0. The number of halogens is 3. The lowest BCUT2D eigenvalue weighted by molar-refractivity contribution is -0.210. The van der Waals surface area contributed by atoms with Crippen LogP contribution in [0.5, 0.6) is 0 Å². The SMILES string of the molecule is CC(C)n1ncc2cc(C(=O)O[C@H](c3nccn3C)C(F)(F)F)cnc21. The molecule has 0 radical (unpaired) electrons. The number of alkyl halides is 3. The van der Waals surface area contributed by atoms with E-state index < -0.39 is 24.1 Å². The van der Waals surface area contributed by atoms with Crippen molar-refractivity contribution in [3.05, 3.63) is 42.2 Å². The van der Waals surface area contributed by atoms with Gasteiger partial charge in [-0.15, -0.1) is 0 Å². The molecule has 0 N–H and O–H groups in total. The Morgan fingerprint density at radius 1 is 1.23 bits per heavy atom. The van der Waals surface area contributed by atoms with Crippen LogP contribution in [0.1, 0.15) is 42.2 Å². The molecule has 0 saturated carbocycles. The summed E-state index contributed by atoms with van der Waals surface area (Å²) in [5.74, 6) is -1.55. The lowest BCUT2D eigenvalue weighted by Gasteiger charge is -2.20. The van der Waals surface area contributed by atoms with Gasteiger partial charge in [0.25, 0.3) is 6.10 Å². The summed E-state index contributed by atoms with van der Waals surface area (Å²) in [6, 6.07) is 1.46. The van der Waals surface area contributed by atoms with Crippen LogP contribution in [0.2, 0.25) is 0 Å². The summed E-state index contributed by atoms with van der Waals surface area (Å²) in [6.45, 7) is 3.83. The molecule has 7 nitrogen and oxygen atoms in total. The van der Waals surface area contributed by atoms with Crippen molar-refractivity contribution in [2.24, 2.45) is 7.05 Å². The van der Waals surface area contributed by atoms with E-state index in [1.165, 1.54) is 37.9 Å². The smallest absolute Gasteiger partial charge is 0.432 e. The normalized spacial score (nSPS) is 13.3. The number of esters is 1. The molecule has 0 amide bonds. The van der Waals surface area contributed by atoms with Crippen LogP contribution in [0, 0.1) is 0 Å². The number of nitrogens with zero attached hydrogens (tertiary/aromatic N) is 5. The monoisotopic (exact) mass is 367 g/mol. The van der Waals surface area contributed by atoms with Crippen LogP contribution in [0.3, 0.4) is 0 Å². The molecule has 0 aliphatic heterocycles. The van der Waals surface area contributed by atoms with Crippen LogP contribution in [0.4, 0.5) is 13.2 Å². The predicted octanol–water partition coefficient (Wildman–Crippen LogP) is 3.21. The van der Waals surface area contributed by atoms with Crippen molar-refractivity contribution in [3.8, 4) is 0 Å². The molecular formula is C16H16F3N5O2. The number of ether oxygens (including phenoxy) is 1. The highest BCUT2D eigenvalue weighted by Crippen LogP contribution is 2.35. The van der Waals surface area contributed by atoms with Crippen molar-refractivity contribution in [2.75, 3.05) is 0 Å². The second kappa shape index (κ2) is 6.43. The molecule has 0 aliphatic rings. The molecule has 3 rings (SSSR count). The van der Waals surface area contributed by atoms with Crippen LogP contribution >= 0.6 is 0 Å². The van der Waals surface area contributed by atoms with E-state index in [9.17, 15) is 18.0 Å². The second-order valence-corrected chi connectivity index (χ2v) is 6.04. The summed E-state index contributed by atoms with van der Waals surface area (Å²) in [5.41, 5.74) is 0.442. The van der Waals surface area contributed by atoms with Crippen molar-refractivity contribution in [2.45, 2.75) is 32.2 Å². The van der Waals surface area contributed by atoms with Crippen LogP contribution in [-0.2, 0) is 11.8 Å². The molecule has 26 heavy (non-hydrogen) atoms. The highest BCUT2D eigenvalue weighted by molar-refractivity contribution is 5.93. The third kappa shape index (κ3) is 3.26. The van der Waals surface area contributed by atoms with Crippen molar-refractivity contribution < 1.29 is 22.7 Å². The van der Waals surface area contributed by atoms with Gasteiger partial charge in [-0.1, -0.05) is 0 Å². The van der Waals surface area contributed by atoms with Gasteiger partial charge in [0.05, 0.1) is 11.8 Å². The third-order valence-corrected chi connectivity index (χ3v) is 3.77. The van der Waals surface area contributed by atoms with Gasteiger partial charge < -0.3 is 9.30 Å². The quantitative estimate of drug-likeness (QED) is 0.662. The molecule has 3 aromatic heterocycles. The molecule has 3 heterocycles. The van der Waals surface area contributed by atoms with E-state index in [2.05, 4.69) is 15.1 Å². The number of carbonyl (C=O) groups excluding carboxylic acids is 1. The minimum absolute atomic E-state index is 0.0517. The molecule has 3 aromatic rings. The first-order valence-corrected chi connectivity index (χ1v) is 7.76. The summed E-state index contributed by atoms with van der Waals surface area (Å²) < 4.78 is 47.5. The lowest BCUT2D eigenvalue weighted by Crippen LogP contribution is -2.28. The fourth-order valence-corrected chi connectivity index (χ4v) is 2.50. The van der Waals surface area contributed by atoms with E-state index in [0.29, 0.717) is 11.0 Å². The van der Waals surface area contributed by atoms with E-state index in [1.54, 1.807) is 4.68 Å². The Kier molecular flexibility index (Phi) is 4.43. The van der Waals surface area contributed by atoms with Gasteiger partial charge in [0.1, 0.15) is 0 Å². The molecule has 10 heteroatoms. The molecule has 1 atom stereocenters. The average Bonchev–Trinajstić information content (AvgIpc) is 3.16. The van der Waals surface area contributed by atoms with Gasteiger partial charge in [0.15, 0.2) is 11.5 Å². The van der Waals surface area contributed by atoms with Crippen LogP contribution < -0.4 is 0 Å². The number of imidazole rings is 1. The van der Waals surface area contributed by atoms with Crippen molar-refractivity contribution >= 4 is 17.0 Å². The maximum Gasteiger partial charge on any atom is 0.432 e. The van der Waals surface area contributed by atoms with Gasteiger partial charge in [-0.3, -0.25) is 0 Å². The van der Waals surface area contributed by atoms with Gasteiger partial charge >= 0.3 is 12.1 Å². The van der Waals surface area contributed by atoms with Crippen LogP contribution in [-0.4, -0.2) is 36.5 Å². The van der Waals surface area contributed by atoms with Gasteiger partial charge in [0, 0.05) is 37.1 Å². The fraction of sp³-hybridized carbons (Fsp3) is 0.375. The molecule has 0 bridgehead atoms. The summed E-state index contributed by atoms with van der Waals surface area (Å²) in [6.07, 6.45) is -2.04. The Balaban J connectivity index is 1.90. The molecule has 0 fully saturated rings. The largest absolute Gasteiger partial charge is 0.441 e. The Morgan fingerprint density at radius 2 is 1.96 bits per heavy atom. The first-order valence-electron chi connectivity index (χ1n) is 7.76. The number of hydrogen-bond donors (Lipinski definition) is 0. The van der Waals surface area contributed by atoms with Gasteiger partial charge in [0.2, 0.25) is 0 Å². The zero-order valence-electron chi connectivity index (χ0n) is 14.2. The number of aryl methyl sites for hydroxylation is 1. The maximum atomic E-state index is 13.3. The Hall–Kier alpha value is -2.91. The average molecular weight is 367 g/mol. The number of aromatic nitrogens is 5. The zero-order valence-corrected chi connectivity index (χ0v) is 14.2. The van der Waals surface area contributed by atoms with E-state index >= 15 is 0 Å². The molecule has 0 unspecified atom stereocenters.